The van der Waals surface area contributed by atoms with E-state index in [1.54, 1.807) is 12.1 Å². The van der Waals surface area contributed by atoms with Gasteiger partial charge in [0.15, 0.2) is 0 Å². The summed E-state index contributed by atoms with van der Waals surface area (Å²) in [6.45, 7) is 8.38. The Bertz CT molecular complexity index is 989. The molecule has 0 amide bonds. The number of hydrogen-bond acceptors (Lipinski definition) is 10. The third kappa shape index (κ3) is 5.52. The number of aliphatic imine (C=N–C) groups is 1. The molecule has 0 unspecified atom stereocenters. The minimum Gasteiger partial charge on any atom is -0.508 e. The molecule has 1 aromatic heterocycles. The number of phenols is 1. The van der Waals surface area contributed by atoms with Gasteiger partial charge in [-0.25, -0.2) is 0 Å². The fourth-order valence-corrected chi connectivity index (χ4v) is 4.05. The fourth-order valence-electron chi connectivity index (χ4n) is 4.05. The molecule has 0 spiro atoms. The highest BCUT2D eigenvalue weighted by molar-refractivity contribution is 6.06. The lowest BCUT2D eigenvalue weighted by molar-refractivity contribution is 0.0317. The van der Waals surface area contributed by atoms with Crippen LogP contribution in [0.2, 0.25) is 0 Å². The Balaban J connectivity index is 1.30. The van der Waals surface area contributed by atoms with E-state index < -0.39 is 0 Å². The van der Waals surface area contributed by atoms with Gasteiger partial charge in [-0.3, -0.25) is 9.89 Å². The number of nitrogens with zero attached hydrogens (tertiary/aromatic N) is 5. The third-order valence-electron chi connectivity index (χ3n) is 5.90. The van der Waals surface area contributed by atoms with E-state index in [0.29, 0.717) is 44.7 Å². The number of fused-ring (bicyclic) bond motifs is 1. The summed E-state index contributed by atoms with van der Waals surface area (Å²) < 4.78 is 22.5. The van der Waals surface area contributed by atoms with Crippen LogP contribution in [-0.4, -0.2) is 98.1 Å². The summed E-state index contributed by atoms with van der Waals surface area (Å²) in [6, 6.07) is 7.42. The summed E-state index contributed by atoms with van der Waals surface area (Å²) in [4.78, 5) is 18.5. The molecular formula is C23H29N5O5. The molecule has 10 nitrogen and oxygen atoms in total. The highest BCUT2D eigenvalue weighted by atomic mass is 16.5. The fraction of sp³-hybridized carbons (Fsp3) is 0.522. The maximum Gasteiger partial charge on any atom is 0.318 e. The van der Waals surface area contributed by atoms with Crippen LogP contribution in [0.15, 0.2) is 29.3 Å². The summed E-state index contributed by atoms with van der Waals surface area (Å²) in [7, 11) is 0. The first-order valence-corrected chi connectivity index (χ1v) is 11.4. The molecule has 0 bridgehead atoms. The zero-order valence-electron chi connectivity index (χ0n) is 18.6. The number of phenolic OH excluding ortho intramolecular Hbond substituents is 1. The Morgan fingerprint density at radius 2 is 1.79 bits per heavy atom. The zero-order valence-corrected chi connectivity index (χ0v) is 18.6. The van der Waals surface area contributed by atoms with Crippen LogP contribution in [0, 0.1) is 0 Å². The van der Waals surface area contributed by atoms with E-state index in [9.17, 15) is 5.11 Å². The quantitative estimate of drug-likeness (QED) is 0.658. The van der Waals surface area contributed by atoms with Crippen LogP contribution in [-0.2, 0) is 16.0 Å². The summed E-state index contributed by atoms with van der Waals surface area (Å²) in [5.41, 5.74) is 2.52. The van der Waals surface area contributed by atoms with E-state index >= 15 is 0 Å². The molecule has 3 aliphatic heterocycles. The Morgan fingerprint density at radius 3 is 2.61 bits per heavy atom. The molecule has 0 radical (unpaired) electrons. The van der Waals surface area contributed by atoms with Crippen molar-refractivity contribution in [3.63, 3.8) is 0 Å². The van der Waals surface area contributed by atoms with Crippen molar-refractivity contribution in [1.29, 1.82) is 0 Å². The molecule has 0 atom stereocenters. The maximum atomic E-state index is 9.66. The van der Waals surface area contributed by atoms with Gasteiger partial charge in [0.1, 0.15) is 30.5 Å². The summed E-state index contributed by atoms with van der Waals surface area (Å²) in [5.74, 6) is 1.66. The van der Waals surface area contributed by atoms with Gasteiger partial charge in [-0.2, -0.15) is 9.97 Å². The molecule has 10 heteroatoms. The Morgan fingerprint density at radius 1 is 1.00 bits per heavy atom. The van der Waals surface area contributed by atoms with Gasteiger partial charge in [-0.1, -0.05) is 0 Å². The summed E-state index contributed by atoms with van der Waals surface area (Å²) >= 11 is 0. The smallest absolute Gasteiger partial charge is 0.318 e. The minimum atomic E-state index is 0.180. The van der Waals surface area contributed by atoms with E-state index in [2.05, 4.69) is 19.8 Å². The lowest BCUT2D eigenvalue weighted by Crippen LogP contribution is -2.39. The Hall–Kier alpha value is -2.95. The van der Waals surface area contributed by atoms with Crippen LogP contribution >= 0.6 is 0 Å². The number of morpholine rings is 2. The maximum absolute atomic E-state index is 9.66. The first-order chi connectivity index (χ1) is 16.2. The molecule has 1 aromatic carbocycles. The number of aromatic nitrogens is 2. The second-order valence-electron chi connectivity index (χ2n) is 8.13. The highest BCUT2D eigenvalue weighted by Crippen LogP contribution is 2.29. The molecule has 4 heterocycles. The average molecular weight is 456 g/mol. The van der Waals surface area contributed by atoms with Crippen molar-refractivity contribution >= 4 is 11.5 Å². The van der Waals surface area contributed by atoms with Crippen molar-refractivity contribution in [2.24, 2.45) is 4.99 Å². The molecule has 0 saturated carbocycles. The van der Waals surface area contributed by atoms with Gasteiger partial charge in [0.2, 0.25) is 0 Å². The summed E-state index contributed by atoms with van der Waals surface area (Å²) in [6.07, 6.45) is 0. The van der Waals surface area contributed by atoms with E-state index in [1.165, 1.54) is 0 Å². The first kappa shape index (κ1) is 21.9. The molecule has 2 aromatic rings. The van der Waals surface area contributed by atoms with Crippen molar-refractivity contribution in [3.8, 4) is 17.5 Å². The van der Waals surface area contributed by atoms with Gasteiger partial charge >= 0.3 is 6.01 Å². The number of hydrogen-bond donors (Lipinski definition) is 1. The topological polar surface area (TPSA) is 102 Å². The predicted octanol–water partition coefficient (Wildman–Crippen LogP) is 1.11. The third-order valence-corrected chi connectivity index (χ3v) is 5.90. The number of anilines is 1. The van der Waals surface area contributed by atoms with Crippen molar-refractivity contribution in [3.05, 3.63) is 35.5 Å². The summed E-state index contributed by atoms with van der Waals surface area (Å²) in [5, 5.41) is 9.66. The van der Waals surface area contributed by atoms with Crippen LogP contribution in [0.3, 0.4) is 0 Å². The molecule has 5 rings (SSSR count). The van der Waals surface area contributed by atoms with E-state index in [1.807, 2.05) is 12.1 Å². The molecule has 2 saturated heterocycles. The number of rotatable bonds is 7. The number of ether oxygens (including phenoxy) is 4. The average Bonchev–Trinajstić information content (AvgIpc) is 3.26. The van der Waals surface area contributed by atoms with Crippen molar-refractivity contribution in [2.45, 2.75) is 6.54 Å². The zero-order chi connectivity index (χ0) is 22.5. The van der Waals surface area contributed by atoms with Gasteiger partial charge < -0.3 is 29.0 Å². The monoisotopic (exact) mass is 455 g/mol. The van der Waals surface area contributed by atoms with Crippen LogP contribution < -0.4 is 14.4 Å². The minimum absolute atomic E-state index is 0.180. The lowest BCUT2D eigenvalue weighted by atomic mass is 10.1. The van der Waals surface area contributed by atoms with Gasteiger partial charge in [-0.05, 0) is 12.1 Å². The Labute approximate surface area is 192 Å². The SMILES string of the molecule is Oc1ccc2c(c1)OCC2=NCc1cc(N2CCOCC2)nc(OCCN2CCOCC2)n1. The predicted molar refractivity (Wildman–Crippen MR) is 122 cm³/mol. The van der Waals surface area contributed by atoms with Gasteiger partial charge in [0.25, 0.3) is 0 Å². The molecule has 33 heavy (non-hydrogen) atoms. The molecule has 176 valence electrons. The van der Waals surface area contributed by atoms with Crippen LogP contribution in [0.1, 0.15) is 11.3 Å². The van der Waals surface area contributed by atoms with Crippen molar-refractivity contribution in [1.82, 2.24) is 14.9 Å². The highest BCUT2D eigenvalue weighted by Gasteiger charge is 2.20. The first-order valence-electron chi connectivity index (χ1n) is 11.4. The largest absolute Gasteiger partial charge is 0.508 e. The van der Waals surface area contributed by atoms with Crippen LogP contribution in [0.4, 0.5) is 5.82 Å². The molecule has 1 N–H and O–H groups in total. The molecular weight excluding hydrogens is 426 g/mol. The van der Waals surface area contributed by atoms with E-state index in [4.69, 9.17) is 23.9 Å². The van der Waals surface area contributed by atoms with Crippen LogP contribution in [0.5, 0.6) is 17.5 Å². The molecule has 3 aliphatic rings. The van der Waals surface area contributed by atoms with Gasteiger partial charge in [0.05, 0.1) is 44.4 Å². The molecule has 0 aliphatic carbocycles. The van der Waals surface area contributed by atoms with Gasteiger partial charge in [-0.15, -0.1) is 0 Å². The van der Waals surface area contributed by atoms with Crippen molar-refractivity contribution < 1.29 is 24.1 Å². The Kier molecular flexibility index (Phi) is 6.84. The standard InChI is InChI=1S/C23H29N5O5/c29-18-1-2-19-20(16-33-21(19)14-18)24-15-17-13-22(28-6-10-31-11-7-28)26-23(25-17)32-12-5-27-3-8-30-9-4-27/h1-2,13-14,29H,3-12,15-16H2. The van der Waals surface area contributed by atoms with Crippen LogP contribution in [0.25, 0.3) is 0 Å². The van der Waals surface area contributed by atoms with Crippen molar-refractivity contribution in [2.75, 3.05) is 77.3 Å². The number of aromatic hydroxyl groups is 1. The van der Waals surface area contributed by atoms with E-state index in [0.717, 1.165) is 68.7 Å². The molecule has 2 fully saturated rings. The number of benzene rings is 1. The second kappa shape index (κ2) is 10.3. The second-order valence-corrected chi connectivity index (χ2v) is 8.13. The van der Waals surface area contributed by atoms with E-state index in [-0.39, 0.29) is 5.75 Å². The van der Waals surface area contributed by atoms with Gasteiger partial charge in [0, 0.05) is 50.4 Å². The lowest BCUT2D eigenvalue weighted by Gasteiger charge is -2.28. The normalized spacial score (nSPS) is 20.0.